The fourth-order valence-corrected chi connectivity index (χ4v) is 1.60. The van der Waals surface area contributed by atoms with Crippen molar-refractivity contribution in [1.82, 2.24) is 0 Å². The van der Waals surface area contributed by atoms with Gasteiger partial charge in [0.05, 0.1) is 10.7 Å². The quantitative estimate of drug-likeness (QED) is 0.674. The smallest absolute Gasteiger partial charge is 0.126 e. The lowest BCUT2D eigenvalue weighted by atomic mass is 10.3. The van der Waals surface area contributed by atoms with Crippen LogP contribution in [0.15, 0.2) is 42.5 Å². The van der Waals surface area contributed by atoms with Crippen molar-refractivity contribution < 1.29 is 13.9 Å². The first kappa shape index (κ1) is 13.5. The number of nitrogen functional groups attached to an aromatic ring is 1. The van der Waals surface area contributed by atoms with Crippen LogP contribution in [0.5, 0.6) is 11.5 Å². The number of hydrogen-bond donors (Lipinski definition) is 1. The Kier molecular flexibility index (Phi) is 4.47. The molecule has 0 aliphatic rings. The number of anilines is 1. The molecule has 0 bridgehead atoms. The molecule has 0 fully saturated rings. The molecule has 5 heteroatoms. The Morgan fingerprint density at radius 1 is 1.00 bits per heavy atom. The van der Waals surface area contributed by atoms with Crippen LogP contribution in [0.25, 0.3) is 0 Å². The lowest BCUT2D eigenvalue weighted by Crippen LogP contribution is -2.09. The summed E-state index contributed by atoms with van der Waals surface area (Å²) in [5.41, 5.74) is 6.11. The molecule has 100 valence electrons. The van der Waals surface area contributed by atoms with Crippen molar-refractivity contribution in [1.29, 1.82) is 0 Å². The number of halogens is 2. The van der Waals surface area contributed by atoms with E-state index in [4.69, 9.17) is 26.8 Å². The molecule has 0 aliphatic heterocycles. The molecule has 0 amide bonds. The maximum absolute atomic E-state index is 12.9. The van der Waals surface area contributed by atoms with Gasteiger partial charge in [0.2, 0.25) is 0 Å². The van der Waals surface area contributed by atoms with Gasteiger partial charge in [-0.2, -0.15) is 0 Å². The maximum Gasteiger partial charge on any atom is 0.126 e. The molecule has 0 radical (unpaired) electrons. The molecule has 0 saturated carbocycles. The molecule has 0 saturated heterocycles. The van der Waals surface area contributed by atoms with Crippen molar-refractivity contribution in [2.75, 3.05) is 18.9 Å². The third kappa shape index (κ3) is 4.03. The summed E-state index contributed by atoms with van der Waals surface area (Å²) < 4.78 is 23.7. The average molecular weight is 282 g/mol. The zero-order valence-electron chi connectivity index (χ0n) is 10.1. The van der Waals surface area contributed by atoms with Crippen molar-refractivity contribution in [3.63, 3.8) is 0 Å². The largest absolute Gasteiger partial charge is 0.490 e. The van der Waals surface area contributed by atoms with Crippen LogP contribution in [0, 0.1) is 5.82 Å². The maximum atomic E-state index is 12.9. The van der Waals surface area contributed by atoms with Gasteiger partial charge >= 0.3 is 0 Å². The fourth-order valence-electron chi connectivity index (χ4n) is 1.49. The Morgan fingerprint density at radius 2 is 1.68 bits per heavy atom. The zero-order valence-corrected chi connectivity index (χ0v) is 10.9. The lowest BCUT2D eigenvalue weighted by Gasteiger charge is -2.09. The molecule has 3 nitrogen and oxygen atoms in total. The van der Waals surface area contributed by atoms with E-state index in [-0.39, 0.29) is 5.82 Å². The van der Waals surface area contributed by atoms with Crippen molar-refractivity contribution in [3.8, 4) is 11.5 Å². The summed E-state index contributed by atoms with van der Waals surface area (Å²) in [4.78, 5) is 0. The minimum absolute atomic E-state index is 0.311. The van der Waals surface area contributed by atoms with Gasteiger partial charge in [-0.1, -0.05) is 17.7 Å². The predicted octanol–water partition coefficient (Wildman–Crippen LogP) is 3.52. The minimum Gasteiger partial charge on any atom is -0.490 e. The SMILES string of the molecule is Nc1cc(OCCOc2cccc(F)c2)ccc1Cl. The van der Waals surface area contributed by atoms with Gasteiger partial charge in [-0.25, -0.2) is 4.39 Å². The van der Waals surface area contributed by atoms with Crippen molar-refractivity contribution in [2.45, 2.75) is 0 Å². The Labute approximate surface area is 115 Å². The van der Waals surface area contributed by atoms with Crippen molar-refractivity contribution >= 4 is 17.3 Å². The minimum atomic E-state index is -0.330. The highest BCUT2D eigenvalue weighted by atomic mass is 35.5. The van der Waals surface area contributed by atoms with Crippen molar-refractivity contribution in [3.05, 3.63) is 53.3 Å². The predicted molar refractivity (Wildman–Crippen MR) is 73.3 cm³/mol. The van der Waals surface area contributed by atoms with Gasteiger partial charge in [0.1, 0.15) is 30.5 Å². The fraction of sp³-hybridized carbons (Fsp3) is 0.143. The van der Waals surface area contributed by atoms with Gasteiger partial charge < -0.3 is 15.2 Å². The molecule has 2 aromatic carbocycles. The standard InChI is InChI=1S/C14H13ClFNO2/c15-13-5-4-12(9-14(13)17)19-7-6-18-11-3-1-2-10(16)8-11/h1-5,8-9H,6-7,17H2. The summed E-state index contributed by atoms with van der Waals surface area (Å²) >= 11 is 5.80. The molecular formula is C14H13ClFNO2. The second kappa shape index (κ2) is 6.29. The van der Waals surface area contributed by atoms with Gasteiger partial charge in [-0.3, -0.25) is 0 Å². The van der Waals surface area contributed by atoms with Gasteiger partial charge in [-0.05, 0) is 24.3 Å². The highest BCUT2D eigenvalue weighted by Gasteiger charge is 2.00. The Balaban J connectivity index is 1.79. The van der Waals surface area contributed by atoms with Gasteiger partial charge in [0.15, 0.2) is 0 Å². The van der Waals surface area contributed by atoms with E-state index in [1.807, 2.05) is 0 Å². The highest BCUT2D eigenvalue weighted by Crippen LogP contribution is 2.23. The highest BCUT2D eigenvalue weighted by molar-refractivity contribution is 6.33. The molecular weight excluding hydrogens is 269 g/mol. The summed E-state index contributed by atoms with van der Waals surface area (Å²) in [7, 11) is 0. The second-order valence-corrected chi connectivity index (χ2v) is 4.24. The molecule has 0 spiro atoms. The monoisotopic (exact) mass is 281 g/mol. The summed E-state index contributed by atoms with van der Waals surface area (Å²) in [6.45, 7) is 0.642. The van der Waals surface area contributed by atoms with Crippen LogP contribution in [0.1, 0.15) is 0 Å². The number of ether oxygens (including phenoxy) is 2. The van der Waals surface area contributed by atoms with Gasteiger partial charge in [0.25, 0.3) is 0 Å². The van der Waals surface area contributed by atoms with Crippen LogP contribution in [-0.4, -0.2) is 13.2 Å². The molecule has 2 aromatic rings. The van der Waals surface area contributed by atoms with Crippen LogP contribution in [0.4, 0.5) is 10.1 Å². The van der Waals surface area contributed by atoms with Crippen LogP contribution >= 0.6 is 11.6 Å². The average Bonchev–Trinajstić information content (AvgIpc) is 2.39. The van der Waals surface area contributed by atoms with E-state index in [2.05, 4.69) is 0 Å². The Morgan fingerprint density at radius 3 is 2.32 bits per heavy atom. The van der Waals surface area contributed by atoms with Crippen LogP contribution in [0.3, 0.4) is 0 Å². The summed E-state index contributed by atoms with van der Waals surface area (Å²) in [6, 6.07) is 11.0. The molecule has 0 aromatic heterocycles. The van der Waals surface area contributed by atoms with Crippen LogP contribution < -0.4 is 15.2 Å². The van der Waals surface area contributed by atoms with E-state index >= 15 is 0 Å². The molecule has 0 atom stereocenters. The van der Waals surface area contributed by atoms with E-state index in [0.29, 0.717) is 35.4 Å². The van der Waals surface area contributed by atoms with Crippen LogP contribution in [0.2, 0.25) is 5.02 Å². The number of rotatable bonds is 5. The van der Waals surface area contributed by atoms with E-state index in [0.717, 1.165) is 0 Å². The summed E-state index contributed by atoms with van der Waals surface area (Å²) in [5.74, 6) is 0.757. The van der Waals surface area contributed by atoms with Gasteiger partial charge in [-0.15, -0.1) is 0 Å². The molecule has 0 aliphatic carbocycles. The first-order valence-corrected chi connectivity index (χ1v) is 6.09. The first-order chi connectivity index (χ1) is 9.15. The molecule has 0 unspecified atom stereocenters. The Bertz CT molecular complexity index is 563. The van der Waals surface area contributed by atoms with Crippen LogP contribution in [-0.2, 0) is 0 Å². The molecule has 2 rings (SSSR count). The first-order valence-electron chi connectivity index (χ1n) is 5.71. The molecule has 19 heavy (non-hydrogen) atoms. The molecule has 0 heterocycles. The summed E-state index contributed by atoms with van der Waals surface area (Å²) in [5, 5.41) is 0.489. The van der Waals surface area contributed by atoms with E-state index in [1.54, 1.807) is 30.3 Å². The zero-order chi connectivity index (χ0) is 13.7. The topological polar surface area (TPSA) is 44.5 Å². The van der Waals surface area contributed by atoms with E-state index < -0.39 is 0 Å². The third-order valence-electron chi connectivity index (χ3n) is 2.38. The lowest BCUT2D eigenvalue weighted by molar-refractivity contribution is 0.216. The molecule has 2 N–H and O–H groups in total. The van der Waals surface area contributed by atoms with Gasteiger partial charge in [0, 0.05) is 12.1 Å². The third-order valence-corrected chi connectivity index (χ3v) is 2.73. The summed E-state index contributed by atoms with van der Waals surface area (Å²) in [6.07, 6.45) is 0. The van der Waals surface area contributed by atoms with Crippen molar-refractivity contribution in [2.24, 2.45) is 0 Å². The number of benzene rings is 2. The number of nitrogens with two attached hydrogens (primary N) is 1. The van der Waals surface area contributed by atoms with E-state index in [9.17, 15) is 4.39 Å². The van der Waals surface area contributed by atoms with E-state index in [1.165, 1.54) is 12.1 Å². The Hall–Kier alpha value is -1.94. The normalized spacial score (nSPS) is 10.2. The second-order valence-electron chi connectivity index (χ2n) is 3.84. The number of hydrogen-bond acceptors (Lipinski definition) is 3.